The molecule has 73 heavy (non-hydrogen) atoms. The Morgan fingerprint density at radius 1 is 0.288 bits per heavy atom. The van der Waals surface area contributed by atoms with Gasteiger partial charge in [0.25, 0.3) is 0 Å². The standard InChI is InChI=1S/C67H104O6/c1-4-7-10-13-16-19-22-25-28-30-31-32-33-34-35-37-39-42-45-48-51-54-57-60-66(69)72-63-64(62-71-65(68)59-56-53-50-47-44-41-38-27-24-21-18-15-12-9-6-3)73-67(70)61-58-55-52-49-46-43-40-36-29-26-23-20-17-14-11-8-5-2/h7-12,16-21,25-29,31-32,34-35,38,44,47,53,56,64H,4-6,13-15,22-24,30,33,36-37,39-43,45-46,48-52,54-55,57-63H2,1-3H3/b10-7-,11-8-,12-9-,19-16-,20-17-,21-18-,28-25-,29-26-,32-31-,35-34-,38-27-,47-44-,56-53-. The molecular weight excluding hydrogens is 901 g/mol. The van der Waals surface area contributed by atoms with Crippen molar-refractivity contribution in [3.8, 4) is 0 Å². The molecule has 408 valence electrons. The average Bonchev–Trinajstić information content (AvgIpc) is 3.39. The summed E-state index contributed by atoms with van der Waals surface area (Å²) in [7, 11) is 0. The number of carbonyl (C=O) groups excluding carboxylic acids is 3. The van der Waals surface area contributed by atoms with Crippen molar-refractivity contribution in [2.75, 3.05) is 13.2 Å². The van der Waals surface area contributed by atoms with Crippen molar-refractivity contribution in [2.45, 2.75) is 232 Å². The summed E-state index contributed by atoms with van der Waals surface area (Å²) in [5, 5.41) is 0. The maximum absolute atomic E-state index is 12.9. The molecule has 6 nitrogen and oxygen atoms in total. The van der Waals surface area contributed by atoms with E-state index < -0.39 is 12.1 Å². The van der Waals surface area contributed by atoms with Gasteiger partial charge >= 0.3 is 17.9 Å². The summed E-state index contributed by atoms with van der Waals surface area (Å²) in [6.45, 7) is 6.18. The number of carbonyl (C=O) groups is 3. The van der Waals surface area contributed by atoms with Gasteiger partial charge in [0.1, 0.15) is 13.2 Å². The van der Waals surface area contributed by atoms with Crippen LogP contribution in [0.1, 0.15) is 226 Å². The Labute approximate surface area is 448 Å². The van der Waals surface area contributed by atoms with E-state index >= 15 is 0 Å². The normalized spacial score (nSPS) is 13.3. The number of esters is 3. The van der Waals surface area contributed by atoms with Crippen molar-refractivity contribution in [2.24, 2.45) is 0 Å². The highest BCUT2D eigenvalue weighted by Gasteiger charge is 2.19. The SMILES string of the molecule is CC/C=C\C/C=C\C/C=C\C/C=C\C/C=C\CCCCCCCCCC(=O)OCC(COC(=O)C/C=C\C/C=C\C/C=C\C/C=C\C/C=C\CC)OC(=O)CCCCCCCCC/C=C\C/C=C\C/C=C\CC. The monoisotopic (exact) mass is 1000 g/mol. The van der Waals surface area contributed by atoms with Crippen LogP contribution >= 0.6 is 0 Å². The Morgan fingerprint density at radius 2 is 0.548 bits per heavy atom. The minimum absolute atomic E-state index is 0.115. The Hall–Kier alpha value is -4.97. The van der Waals surface area contributed by atoms with Crippen LogP contribution in [0.15, 0.2) is 158 Å². The predicted octanol–water partition coefficient (Wildman–Crippen LogP) is 19.8. The lowest BCUT2D eigenvalue weighted by molar-refractivity contribution is -0.166. The van der Waals surface area contributed by atoms with E-state index in [1.807, 2.05) is 6.08 Å². The smallest absolute Gasteiger partial charge is 0.309 e. The maximum atomic E-state index is 12.9. The lowest BCUT2D eigenvalue weighted by Gasteiger charge is -2.18. The van der Waals surface area contributed by atoms with Crippen molar-refractivity contribution in [1.29, 1.82) is 0 Å². The number of ether oxygens (including phenoxy) is 3. The molecule has 0 saturated heterocycles. The molecule has 0 aliphatic rings. The number of allylic oxidation sites excluding steroid dienone is 25. The van der Waals surface area contributed by atoms with E-state index in [0.717, 1.165) is 148 Å². The molecule has 0 N–H and O–H groups in total. The number of unbranched alkanes of at least 4 members (excludes halogenated alkanes) is 14. The highest BCUT2D eigenvalue weighted by Crippen LogP contribution is 2.14. The highest BCUT2D eigenvalue weighted by molar-refractivity contribution is 5.72. The van der Waals surface area contributed by atoms with Gasteiger partial charge in [0.05, 0.1) is 6.42 Å². The Balaban J connectivity index is 4.52. The van der Waals surface area contributed by atoms with Gasteiger partial charge in [-0.05, 0) is 122 Å². The lowest BCUT2D eigenvalue weighted by atomic mass is 10.1. The Kier molecular flexibility index (Phi) is 55.5. The molecule has 0 heterocycles. The van der Waals surface area contributed by atoms with E-state index in [-0.39, 0.29) is 38.0 Å². The molecule has 1 atom stereocenters. The highest BCUT2D eigenvalue weighted by atomic mass is 16.6. The van der Waals surface area contributed by atoms with Crippen LogP contribution in [0.25, 0.3) is 0 Å². The van der Waals surface area contributed by atoms with Gasteiger partial charge in [-0.3, -0.25) is 14.4 Å². The number of rotatable bonds is 50. The second-order valence-electron chi connectivity index (χ2n) is 18.4. The van der Waals surface area contributed by atoms with Crippen molar-refractivity contribution in [3.63, 3.8) is 0 Å². The molecule has 0 fully saturated rings. The fraction of sp³-hybridized carbons (Fsp3) is 0.567. The van der Waals surface area contributed by atoms with Gasteiger partial charge in [-0.15, -0.1) is 0 Å². The molecule has 0 rings (SSSR count). The molecule has 0 aromatic rings. The Morgan fingerprint density at radius 3 is 0.890 bits per heavy atom. The maximum Gasteiger partial charge on any atom is 0.309 e. The molecule has 6 heteroatoms. The molecule has 0 spiro atoms. The third-order valence-corrected chi connectivity index (χ3v) is 11.5. The van der Waals surface area contributed by atoms with Crippen LogP contribution in [0.3, 0.4) is 0 Å². The van der Waals surface area contributed by atoms with E-state index in [9.17, 15) is 14.4 Å². The molecule has 0 aromatic heterocycles. The molecule has 0 radical (unpaired) electrons. The van der Waals surface area contributed by atoms with Gasteiger partial charge in [-0.2, -0.15) is 0 Å². The van der Waals surface area contributed by atoms with E-state index in [2.05, 4.69) is 167 Å². The topological polar surface area (TPSA) is 78.9 Å². The molecule has 0 aromatic carbocycles. The fourth-order valence-electron chi connectivity index (χ4n) is 7.32. The molecule has 1 unspecified atom stereocenters. The van der Waals surface area contributed by atoms with Gasteiger partial charge in [-0.25, -0.2) is 0 Å². The second kappa shape index (κ2) is 59.6. The first kappa shape index (κ1) is 68.0. The minimum atomic E-state index is -0.837. The van der Waals surface area contributed by atoms with Crippen molar-refractivity contribution < 1.29 is 28.6 Å². The van der Waals surface area contributed by atoms with Gasteiger partial charge in [0, 0.05) is 12.8 Å². The molecular formula is C67H104O6. The number of hydrogen-bond acceptors (Lipinski definition) is 6. The zero-order valence-corrected chi connectivity index (χ0v) is 46.6. The largest absolute Gasteiger partial charge is 0.462 e. The van der Waals surface area contributed by atoms with Crippen LogP contribution in [0, 0.1) is 0 Å². The third-order valence-electron chi connectivity index (χ3n) is 11.5. The lowest BCUT2D eigenvalue weighted by Crippen LogP contribution is -2.30. The van der Waals surface area contributed by atoms with Gasteiger partial charge in [0.2, 0.25) is 0 Å². The Bertz CT molecular complexity index is 1670. The first-order valence-corrected chi connectivity index (χ1v) is 29.0. The summed E-state index contributed by atoms with van der Waals surface area (Å²) in [5.41, 5.74) is 0. The van der Waals surface area contributed by atoms with Crippen molar-refractivity contribution >= 4 is 17.9 Å². The van der Waals surface area contributed by atoms with Gasteiger partial charge < -0.3 is 14.2 Å². The van der Waals surface area contributed by atoms with E-state index in [1.165, 1.54) is 38.5 Å². The summed E-state index contributed by atoms with van der Waals surface area (Å²) in [6.07, 6.45) is 86.8. The molecule has 0 aliphatic carbocycles. The van der Waals surface area contributed by atoms with Crippen molar-refractivity contribution in [3.05, 3.63) is 158 Å². The predicted molar refractivity (Wildman–Crippen MR) is 315 cm³/mol. The molecule has 0 amide bonds. The molecule has 0 bridgehead atoms. The third kappa shape index (κ3) is 57.8. The summed E-state index contributed by atoms with van der Waals surface area (Å²) in [4.78, 5) is 38.1. The minimum Gasteiger partial charge on any atom is -0.462 e. The van der Waals surface area contributed by atoms with Crippen LogP contribution in [0.5, 0.6) is 0 Å². The number of hydrogen-bond donors (Lipinski definition) is 0. The van der Waals surface area contributed by atoms with Crippen LogP contribution < -0.4 is 0 Å². The summed E-state index contributed by atoms with van der Waals surface area (Å²) < 4.78 is 16.7. The average molecular weight is 1010 g/mol. The van der Waals surface area contributed by atoms with Gasteiger partial charge in [0.15, 0.2) is 6.10 Å². The zero-order chi connectivity index (χ0) is 52.9. The van der Waals surface area contributed by atoms with Crippen LogP contribution in [-0.4, -0.2) is 37.2 Å². The van der Waals surface area contributed by atoms with Crippen molar-refractivity contribution in [1.82, 2.24) is 0 Å². The van der Waals surface area contributed by atoms with Crippen LogP contribution in [-0.2, 0) is 28.6 Å². The molecule has 0 aliphatic heterocycles. The quantitative estimate of drug-likeness (QED) is 0.0261. The van der Waals surface area contributed by atoms with E-state index in [4.69, 9.17) is 14.2 Å². The van der Waals surface area contributed by atoms with E-state index in [1.54, 1.807) is 6.08 Å². The first-order chi connectivity index (χ1) is 36.0. The first-order valence-electron chi connectivity index (χ1n) is 29.0. The van der Waals surface area contributed by atoms with Crippen LogP contribution in [0.2, 0.25) is 0 Å². The summed E-state index contributed by atoms with van der Waals surface area (Å²) in [5.74, 6) is -1.09. The van der Waals surface area contributed by atoms with Crippen LogP contribution in [0.4, 0.5) is 0 Å². The van der Waals surface area contributed by atoms with Gasteiger partial charge in [-0.1, -0.05) is 243 Å². The zero-order valence-electron chi connectivity index (χ0n) is 46.6. The fourth-order valence-corrected chi connectivity index (χ4v) is 7.32. The second-order valence-corrected chi connectivity index (χ2v) is 18.4. The van der Waals surface area contributed by atoms with E-state index in [0.29, 0.717) is 6.42 Å². The summed E-state index contributed by atoms with van der Waals surface area (Å²) >= 11 is 0. The molecule has 0 saturated carbocycles. The summed E-state index contributed by atoms with van der Waals surface area (Å²) in [6, 6.07) is 0.